The van der Waals surface area contributed by atoms with Crippen molar-refractivity contribution in [2.75, 3.05) is 13.1 Å². The fraction of sp³-hybridized carbons (Fsp3) is 0.933. The van der Waals surface area contributed by atoms with E-state index in [0.29, 0.717) is 12.0 Å². The summed E-state index contributed by atoms with van der Waals surface area (Å²) in [4.78, 5) is 14.3. The molecule has 4 rings (SSSR count). The van der Waals surface area contributed by atoms with Gasteiger partial charge in [0.05, 0.1) is 0 Å². The van der Waals surface area contributed by atoms with E-state index in [1.54, 1.807) is 0 Å². The largest absolute Gasteiger partial charge is 0.335 e. The van der Waals surface area contributed by atoms with E-state index in [1.807, 2.05) is 4.90 Å². The standard InChI is InChI=1S/C15H24N2O/c1-9-3-2-6-17(8-9)15(18)16-14-12-10-4-5-11(7-10)13(12)14/h9-14H,2-8H2,1H3,(H,16,18). The number of urea groups is 1. The lowest BCUT2D eigenvalue weighted by molar-refractivity contribution is 0.167. The molecular weight excluding hydrogens is 224 g/mol. The quantitative estimate of drug-likeness (QED) is 0.759. The first-order valence-corrected chi connectivity index (χ1v) is 7.79. The molecule has 4 fully saturated rings. The molecule has 1 aliphatic heterocycles. The van der Waals surface area contributed by atoms with Crippen LogP contribution in [0.25, 0.3) is 0 Å². The molecule has 0 aromatic rings. The van der Waals surface area contributed by atoms with Crippen molar-refractivity contribution in [3.63, 3.8) is 0 Å². The van der Waals surface area contributed by atoms with Crippen LogP contribution in [-0.2, 0) is 0 Å². The predicted molar refractivity (Wildman–Crippen MR) is 70.1 cm³/mol. The average Bonchev–Trinajstić information content (AvgIpc) is 2.77. The second-order valence-electron chi connectivity index (χ2n) is 7.16. The predicted octanol–water partition coefficient (Wildman–Crippen LogP) is 2.47. The SMILES string of the molecule is CC1CCCN(C(=O)NC2C3C4CCC(C4)C23)C1. The highest BCUT2D eigenvalue weighted by molar-refractivity contribution is 5.75. The molecule has 3 heteroatoms. The van der Waals surface area contributed by atoms with E-state index in [4.69, 9.17) is 0 Å². The Labute approximate surface area is 109 Å². The zero-order valence-corrected chi connectivity index (χ0v) is 11.3. The molecule has 1 saturated heterocycles. The van der Waals surface area contributed by atoms with Crippen LogP contribution in [0.1, 0.15) is 39.0 Å². The molecule has 5 unspecified atom stereocenters. The zero-order valence-electron chi connectivity index (χ0n) is 11.3. The number of hydrogen-bond acceptors (Lipinski definition) is 1. The number of fused-ring (bicyclic) bond motifs is 5. The van der Waals surface area contributed by atoms with Crippen molar-refractivity contribution < 1.29 is 4.79 Å². The van der Waals surface area contributed by atoms with E-state index < -0.39 is 0 Å². The van der Waals surface area contributed by atoms with Crippen LogP contribution in [0, 0.1) is 29.6 Å². The van der Waals surface area contributed by atoms with Crippen molar-refractivity contribution in [3.05, 3.63) is 0 Å². The van der Waals surface area contributed by atoms with E-state index in [0.717, 1.165) is 36.8 Å². The second-order valence-corrected chi connectivity index (χ2v) is 7.16. The minimum absolute atomic E-state index is 0.223. The minimum Gasteiger partial charge on any atom is -0.335 e. The van der Waals surface area contributed by atoms with Gasteiger partial charge in [0.15, 0.2) is 0 Å². The molecule has 1 N–H and O–H groups in total. The molecule has 0 radical (unpaired) electrons. The number of piperidine rings is 1. The summed E-state index contributed by atoms with van der Waals surface area (Å²) >= 11 is 0. The second kappa shape index (κ2) is 3.88. The molecular formula is C15H24N2O. The third kappa shape index (κ3) is 1.59. The number of likely N-dealkylation sites (tertiary alicyclic amines) is 1. The van der Waals surface area contributed by atoms with Gasteiger partial charge in [0.25, 0.3) is 0 Å². The van der Waals surface area contributed by atoms with Gasteiger partial charge in [-0.25, -0.2) is 4.79 Å². The molecule has 0 spiro atoms. The van der Waals surface area contributed by atoms with Crippen LogP contribution in [0.15, 0.2) is 0 Å². The highest BCUT2D eigenvalue weighted by Gasteiger charge is 2.65. The Morgan fingerprint density at radius 1 is 1.17 bits per heavy atom. The molecule has 3 aliphatic carbocycles. The number of carbonyl (C=O) groups is 1. The Balaban J connectivity index is 1.35. The first-order chi connectivity index (χ1) is 8.74. The minimum atomic E-state index is 0.223. The van der Waals surface area contributed by atoms with Gasteiger partial charge >= 0.3 is 6.03 Å². The summed E-state index contributed by atoms with van der Waals surface area (Å²) in [7, 11) is 0. The van der Waals surface area contributed by atoms with E-state index >= 15 is 0 Å². The van der Waals surface area contributed by atoms with Crippen LogP contribution in [-0.4, -0.2) is 30.1 Å². The molecule has 2 amide bonds. The summed E-state index contributed by atoms with van der Waals surface area (Å²) in [5.41, 5.74) is 0. The van der Waals surface area contributed by atoms with E-state index in [-0.39, 0.29) is 6.03 Å². The maximum Gasteiger partial charge on any atom is 0.317 e. The lowest BCUT2D eigenvalue weighted by Crippen LogP contribution is -2.46. The lowest BCUT2D eigenvalue weighted by atomic mass is 10.0. The Kier molecular flexibility index (Phi) is 2.40. The monoisotopic (exact) mass is 248 g/mol. The fourth-order valence-corrected chi connectivity index (χ4v) is 5.13. The summed E-state index contributed by atoms with van der Waals surface area (Å²) in [6, 6.07) is 0.765. The summed E-state index contributed by atoms with van der Waals surface area (Å²) in [6.07, 6.45) is 6.78. The summed E-state index contributed by atoms with van der Waals surface area (Å²) in [5.74, 6) is 4.29. The van der Waals surface area contributed by atoms with Gasteiger partial charge in [-0.3, -0.25) is 0 Å². The third-order valence-corrected chi connectivity index (χ3v) is 5.97. The van der Waals surface area contributed by atoms with Crippen molar-refractivity contribution in [1.29, 1.82) is 0 Å². The Bertz CT molecular complexity index is 354. The Hall–Kier alpha value is -0.730. The molecule has 5 atom stereocenters. The van der Waals surface area contributed by atoms with Gasteiger partial charge in [-0.1, -0.05) is 6.92 Å². The van der Waals surface area contributed by atoms with Crippen molar-refractivity contribution in [2.24, 2.45) is 29.6 Å². The Morgan fingerprint density at radius 2 is 1.89 bits per heavy atom. The van der Waals surface area contributed by atoms with Crippen molar-refractivity contribution in [2.45, 2.75) is 45.1 Å². The third-order valence-electron chi connectivity index (χ3n) is 5.97. The van der Waals surface area contributed by atoms with E-state index in [2.05, 4.69) is 12.2 Å². The maximum absolute atomic E-state index is 12.3. The van der Waals surface area contributed by atoms with Crippen molar-refractivity contribution in [3.8, 4) is 0 Å². The molecule has 3 nitrogen and oxygen atoms in total. The number of nitrogens with zero attached hydrogens (tertiary/aromatic N) is 1. The van der Waals surface area contributed by atoms with Crippen molar-refractivity contribution >= 4 is 6.03 Å². The molecule has 0 aromatic carbocycles. The molecule has 100 valence electrons. The summed E-state index contributed by atoms with van der Waals surface area (Å²) in [5, 5.41) is 3.33. The van der Waals surface area contributed by atoms with Gasteiger partial charge in [-0.05, 0) is 61.7 Å². The van der Waals surface area contributed by atoms with Crippen LogP contribution >= 0.6 is 0 Å². The lowest BCUT2D eigenvalue weighted by Gasteiger charge is -2.31. The number of nitrogens with one attached hydrogen (secondary N) is 1. The topological polar surface area (TPSA) is 32.3 Å². The fourth-order valence-electron chi connectivity index (χ4n) is 5.13. The van der Waals surface area contributed by atoms with Gasteiger partial charge in [0.2, 0.25) is 0 Å². The highest BCUT2D eigenvalue weighted by atomic mass is 16.2. The Morgan fingerprint density at radius 3 is 2.56 bits per heavy atom. The van der Waals surface area contributed by atoms with Crippen LogP contribution in [0.5, 0.6) is 0 Å². The van der Waals surface area contributed by atoms with Gasteiger partial charge in [0.1, 0.15) is 0 Å². The van der Waals surface area contributed by atoms with Gasteiger partial charge in [0, 0.05) is 19.1 Å². The van der Waals surface area contributed by atoms with Crippen LogP contribution in [0.3, 0.4) is 0 Å². The zero-order chi connectivity index (χ0) is 12.3. The van der Waals surface area contributed by atoms with Gasteiger partial charge in [-0.15, -0.1) is 0 Å². The molecule has 1 heterocycles. The highest BCUT2D eigenvalue weighted by Crippen LogP contribution is 2.65. The average molecular weight is 248 g/mol. The molecule has 18 heavy (non-hydrogen) atoms. The molecule has 3 saturated carbocycles. The number of hydrogen-bond donors (Lipinski definition) is 1. The first-order valence-electron chi connectivity index (χ1n) is 7.79. The maximum atomic E-state index is 12.3. The summed E-state index contributed by atoms with van der Waals surface area (Å²) in [6.45, 7) is 4.18. The number of carbonyl (C=O) groups excluding carboxylic acids is 1. The van der Waals surface area contributed by atoms with E-state index in [1.165, 1.54) is 32.1 Å². The van der Waals surface area contributed by atoms with Crippen LogP contribution in [0.4, 0.5) is 4.79 Å². The number of rotatable bonds is 1. The molecule has 2 bridgehead atoms. The van der Waals surface area contributed by atoms with Crippen LogP contribution in [0.2, 0.25) is 0 Å². The molecule has 0 aromatic heterocycles. The van der Waals surface area contributed by atoms with Gasteiger partial charge in [-0.2, -0.15) is 0 Å². The van der Waals surface area contributed by atoms with E-state index in [9.17, 15) is 4.79 Å². The first kappa shape index (κ1) is 11.1. The molecule has 4 aliphatic rings. The van der Waals surface area contributed by atoms with Gasteiger partial charge < -0.3 is 10.2 Å². The van der Waals surface area contributed by atoms with Crippen LogP contribution < -0.4 is 5.32 Å². The van der Waals surface area contributed by atoms with Crippen molar-refractivity contribution in [1.82, 2.24) is 10.2 Å². The number of amides is 2. The smallest absolute Gasteiger partial charge is 0.317 e. The normalized spacial score (nSPS) is 49.1. The summed E-state index contributed by atoms with van der Waals surface area (Å²) < 4.78 is 0.